The second-order valence-electron chi connectivity index (χ2n) is 3.73. The standard InChI is InChI=1S/C14H13NS2/c1-2-11-6-3-4-7-12(11)10-15-9-5-8-13(15)14(16)17/h2-9H,1,10H2,(H,16,17). The highest BCUT2D eigenvalue weighted by atomic mass is 32.1. The molecule has 0 aliphatic heterocycles. The van der Waals surface area contributed by atoms with Gasteiger partial charge in [0.25, 0.3) is 0 Å². The minimum Gasteiger partial charge on any atom is -0.342 e. The quantitative estimate of drug-likeness (QED) is 0.647. The van der Waals surface area contributed by atoms with Crippen molar-refractivity contribution in [2.45, 2.75) is 6.54 Å². The van der Waals surface area contributed by atoms with Crippen LogP contribution in [0.2, 0.25) is 0 Å². The second-order valence-corrected chi connectivity index (χ2v) is 4.89. The van der Waals surface area contributed by atoms with Crippen LogP contribution in [0.15, 0.2) is 49.2 Å². The molecule has 2 rings (SSSR count). The third-order valence-electron chi connectivity index (χ3n) is 2.66. The van der Waals surface area contributed by atoms with E-state index >= 15 is 0 Å². The number of thiocarbonyl (C=S) groups is 1. The third kappa shape index (κ3) is 2.68. The van der Waals surface area contributed by atoms with Crippen LogP contribution in [0.1, 0.15) is 16.8 Å². The molecule has 0 aliphatic rings. The van der Waals surface area contributed by atoms with E-state index in [1.165, 1.54) is 5.56 Å². The van der Waals surface area contributed by atoms with Crippen molar-refractivity contribution in [3.8, 4) is 0 Å². The van der Waals surface area contributed by atoms with Crippen LogP contribution in [0.4, 0.5) is 0 Å². The molecule has 0 N–H and O–H groups in total. The smallest absolute Gasteiger partial charge is 0.0912 e. The van der Waals surface area contributed by atoms with Gasteiger partial charge in [0.2, 0.25) is 0 Å². The summed E-state index contributed by atoms with van der Waals surface area (Å²) in [6.45, 7) is 4.61. The van der Waals surface area contributed by atoms with E-state index in [9.17, 15) is 0 Å². The Morgan fingerprint density at radius 1 is 1.29 bits per heavy atom. The summed E-state index contributed by atoms with van der Waals surface area (Å²) in [5.74, 6) is 0. The summed E-state index contributed by atoms with van der Waals surface area (Å²) in [4.78, 5) is 0. The molecule has 0 atom stereocenters. The van der Waals surface area contributed by atoms with Crippen molar-refractivity contribution < 1.29 is 0 Å². The predicted octanol–water partition coefficient (Wildman–Crippen LogP) is 3.78. The average molecular weight is 259 g/mol. The first-order valence-electron chi connectivity index (χ1n) is 5.31. The van der Waals surface area contributed by atoms with Crippen LogP contribution in [0.3, 0.4) is 0 Å². The van der Waals surface area contributed by atoms with Crippen molar-refractivity contribution in [1.29, 1.82) is 0 Å². The van der Waals surface area contributed by atoms with Crippen molar-refractivity contribution in [1.82, 2.24) is 4.57 Å². The lowest BCUT2D eigenvalue weighted by molar-refractivity contribution is 0.799. The predicted molar refractivity (Wildman–Crippen MR) is 80.8 cm³/mol. The molecule has 3 heteroatoms. The Morgan fingerprint density at radius 3 is 2.76 bits per heavy atom. The molecule has 0 bridgehead atoms. The zero-order chi connectivity index (χ0) is 12.3. The molecule has 1 aromatic carbocycles. The lowest BCUT2D eigenvalue weighted by Crippen LogP contribution is -2.05. The first-order valence-corrected chi connectivity index (χ1v) is 6.16. The maximum Gasteiger partial charge on any atom is 0.0912 e. The highest BCUT2D eigenvalue weighted by molar-refractivity contribution is 8.11. The highest BCUT2D eigenvalue weighted by Crippen LogP contribution is 2.15. The minimum atomic E-state index is 0.617. The van der Waals surface area contributed by atoms with Gasteiger partial charge in [0.15, 0.2) is 0 Å². The molecule has 0 amide bonds. The normalized spacial score (nSPS) is 10.2. The van der Waals surface area contributed by atoms with Gasteiger partial charge in [-0.25, -0.2) is 0 Å². The van der Waals surface area contributed by atoms with Crippen molar-refractivity contribution in [2.75, 3.05) is 0 Å². The van der Waals surface area contributed by atoms with Crippen molar-refractivity contribution in [2.24, 2.45) is 0 Å². The van der Waals surface area contributed by atoms with Gasteiger partial charge < -0.3 is 4.57 Å². The fourth-order valence-corrected chi connectivity index (χ4v) is 2.20. The zero-order valence-corrected chi connectivity index (χ0v) is 11.0. The molecule has 0 unspecified atom stereocenters. The number of benzene rings is 1. The number of thiol groups is 1. The molecule has 2 aromatic rings. The van der Waals surface area contributed by atoms with Crippen LogP contribution < -0.4 is 0 Å². The molecule has 0 saturated heterocycles. The number of hydrogen-bond acceptors (Lipinski definition) is 1. The highest BCUT2D eigenvalue weighted by Gasteiger charge is 2.05. The van der Waals surface area contributed by atoms with E-state index in [1.807, 2.05) is 36.5 Å². The molecule has 1 nitrogen and oxygen atoms in total. The molecule has 0 fully saturated rings. The van der Waals surface area contributed by atoms with Gasteiger partial charge in [0, 0.05) is 12.7 Å². The Kier molecular flexibility index (Phi) is 3.82. The van der Waals surface area contributed by atoms with Crippen LogP contribution in [0.25, 0.3) is 6.08 Å². The molecule has 17 heavy (non-hydrogen) atoms. The Bertz CT molecular complexity index is 555. The van der Waals surface area contributed by atoms with Crippen LogP contribution in [-0.2, 0) is 6.54 Å². The first kappa shape index (κ1) is 12.1. The largest absolute Gasteiger partial charge is 0.342 e. The second kappa shape index (κ2) is 5.34. The summed E-state index contributed by atoms with van der Waals surface area (Å²) in [5.41, 5.74) is 3.35. The van der Waals surface area contributed by atoms with E-state index in [0.717, 1.165) is 17.8 Å². The van der Waals surface area contributed by atoms with E-state index in [4.69, 9.17) is 12.2 Å². The maximum atomic E-state index is 5.10. The van der Waals surface area contributed by atoms with Crippen molar-refractivity contribution >= 4 is 35.1 Å². The number of rotatable bonds is 4. The topological polar surface area (TPSA) is 4.93 Å². The van der Waals surface area contributed by atoms with Gasteiger partial charge in [-0.2, -0.15) is 0 Å². The Balaban J connectivity index is 2.34. The fourth-order valence-electron chi connectivity index (χ4n) is 1.81. The van der Waals surface area contributed by atoms with Gasteiger partial charge >= 0.3 is 0 Å². The molecule has 0 spiro atoms. The molecule has 0 saturated carbocycles. The van der Waals surface area contributed by atoms with Gasteiger partial charge in [-0.15, -0.1) is 12.6 Å². The van der Waals surface area contributed by atoms with Crippen LogP contribution >= 0.6 is 24.8 Å². The van der Waals surface area contributed by atoms with E-state index in [0.29, 0.717) is 4.20 Å². The van der Waals surface area contributed by atoms with Gasteiger partial charge in [0.1, 0.15) is 0 Å². The van der Waals surface area contributed by atoms with Gasteiger partial charge in [0.05, 0.1) is 9.89 Å². The summed E-state index contributed by atoms with van der Waals surface area (Å²) in [5, 5.41) is 0. The Morgan fingerprint density at radius 2 is 2.06 bits per heavy atom. The fraction of sp³-hybridized carbons (Fsp3) is 0.0714. The third-order valence-corrected chi connectivity index (χ3v) is 3.10. The van der Waals surface area contributed by atoms with Gasteiger partial charge in [-0.05, 0) is 23.3 Å². The monoisotopic (exact) mass is 259 g/mol. The van der Waals surface area contributed by atoms with Crippen LogP contribution in [-0.4, -0.2) is 8.76 Å². The first-order chi connectivity index (χ1) is 8.22. The molecule has 1 aromatic heterocycles. The van der Waals surface area contributed by atoms with E-state index < -0.39 is 0 Å². The molecular weight excluding hydrogens is 246 g/mol. The van der Waals surface area contributed by atoms with Crippen molar-refractivity contribution in [3.63, 3.8) is 0 Å². The molecule has 0 aliphatic carbocycles. The summed E-state index contributed by atoms with van der Waals surface area (Å²) >= 11 is 9.33. The van der Waals surface area contributed by atoms with Gasteiger partial charge in [-0.3, -0.25) is 0 Å². The van der Waals surface area contributed by atoms with Crippen molar-refractivity contribution in [3.05, 3.63) is 66.0 Å². The summed E-state index contributed by atoms with van der Waals surface area (Å²) in [6, 6.07) is 12.2. The summed E-state index contributed by atoms with van der Waals surface area (Å²) < 4.78 is 2.71. The lowest BCUT2D eigenvalue weighted by atomic mass is 10.1. The average Bonchev–Trinajstić information content (AvgIpc) is 2.78. The number of aromatic nitrogens is 1. The van der Waals surface area contributed by atoms with Crippen LogP contribution in [0, 0.1) is 0 Å². The summed E-state index contributed by atoms with van der Waals surface area (Å²) in [7, 11) is 0. The number of hydrogen-bond donors (Lipinski definition) is 1. The molecule has 86 valence electrons. The Labute approximate surface area is 112 Å². The van der Waals surface area contributed by atoms with E-state index in [2.05, 4.69) is 35.9 Å². The van der Waals surface area contributed by atoms with E-state index in [1.54, 1.807) is 0 Å². The molecule has 1 heterocycles. The van der Waals surface area contributed by atoms with Gasteiger partial charge in [-0.1, -0.05) is 49.1 Å². The number of nitrogens with zero attached hydrogens (tertiary/aromatic N) is 1. The molecular formula is C14H13NS2. The Hall–Kier alpha value is -1.32. The zero-order valence-electron chi connectivity index (χ0n) is 9.34. The van der Waals surface area contributed by atoms with E-state index in [-0.39, 0.29) is 0 Å². The van der Waals surface area contributed by atoms with Crippen LogP contribution in [0.5, 0.6) is 0 Å². The summed E-state index contributed by atoms with van der Waals surface area (Å²) in [6.07, 6.45) is 3.88. The minimum absolute atomic E-state index is 0.617. The maximum absolute atomic E-state index is 5.10. The molecule has 0 radical (unpaired) electrons. The lowest BCUT2D eigenvalue weighted by Gasteiger charge is -2.10. The SMILES string of the molecule is C=Cc1ccccc1Cn1cccc1C(=S)S.